The van der Waals surface area contributed by atoms with Crippen molar-refractivity contribution >= 4 is 0 Å². The lowest BCUT2D eigenvalue weighted by atomic mass is 9.94. The predicted molar refractivity (Wildman–Crippen MR) is 67.6 cm³/mol. The first kappa shape index (κ1) is 14.9. The van der Waals surface area contributed by atoms with Gasteiger partial charge in [0.05, 0.1) is 0 Å². The fourth-order valence-corrected chi connectivity index (χ4v) is 1.94. The third kappa shape index (κ3) is 10.2. The molecule has 3 heteroatoms. The molecule has 0 heterocycles. The van der Waals surface area contributed by atoms with Gasteiger partial charge in [-0.05, 0) is 44.7 Å². The molecule has 6 N–H and O–H groups in total. The molecule has 0 aromatic heterocycles. The molecule has 0 aliphatic carbocycles. The lowest BCUT2D eigenvalue weighted by Gasteiger charge is -2.16. The van der Waals surface area contributed by atoms with Crippen LogP contribution in [-0.4, -0.2) is 19.1 Å². The Kier molecular flexibility index (Phi) is 10.3. The number of unbranched alkanes of at least 4 members (excludes halogenated alkanes) is 2. The van der Waals surface area contributed by atoms with Crippen molar-refractivity contribution in [1.29, 1.82) is 0 Å². The van der Waals surface area contributed by atoms with Crippen LogP contribution in [0.4, 0.5) is 0 Å². The van der Waals surface area contributed by atoms with Gasteiger partial charge in [0.15, 0.2) is 0 Å². The van der Waals surface area contributed by atoms with Gasteiger partial charge in [-0.2, -0.15) is 0 Å². The first-order chi connectivity index (χ1) is 7.20. The monoisotopic (exact) mass is 215 g/mol. The zero-order valence-corrected chi connectivity index (χ0v) is 10.3. The van der Waals surface area contributed by atoms with Crippen LogP contribution in [0.25, 0.3) is 0 Å². The Bertz CT molecular complexity index is 114. The molecule has 0 aliphatic rings. The zero-order chi connectivity index (χ0) is 11.5. The Morgan fingerprint density at radius 3 is 1.93 bits per heavy atom. The van der Waals surface area contributed by atoms with Crippen LogP contribution in [0.1, 0.15) is 51.9 Å². The third-order valence-corrected chi connectivity index (χ3v) is 2.89. The summed E-state index contributed by atoms with van der Waals surface area (Å²) in [6.07, 6.45) is 8.21. The van der Waals surface area contributed by atoms with Crippen LogP contribution in [0.2, 0.25) is 0 Å². The van der Waals surface area contributed by atoms with Gasteiger partial charge in [0.2, 0.25) is 0 Å². The van der Waals surface area contributed by atoms with E-state index in [1.807, 2.05) is 0 Å². The second-order valence-corrected chi connectivity index (χ2v) is 4.67. The molecule has 0 spiro atoms. The molecule has 0 radical (unpaired) electrons. The number of hydrogen-bond donors (Lipinski definition) is 3. The molecule has 0 fully saturated rings. The van der Waals surface area contributed by atoms with Crippen LogP contribution in [-0.2, 0) is 0 Å². The minimum Gasteiger partial charge on any atom is -0.330 e. The highest BCUT2D eigenvalue weighted by molar-refractivity contribution is 4.66. The van der Waals surface area contributed by atoms with Gasteiger partial charge in [-0.3, -0.25) is 0 Å². The Morgan fingerprint density at radius 1 is 0.867 bits per heavy atom. The van der Waals surface area contributed by atoms with Gasteiger partial charge in [-0.15, -0.1) is 0 Å². The second kappa shape index (κ2) is 10.4. The van der Waals surface area contributed by atoms with Gasteiger partial charge < -0.3 is 17.2 Å². The summed E-state index contributed by atoms with van der Waals surface area (Å²) in [5.74, 6) is 0.740. The van der Waals surface area contributed by atoms with Gasteiger partial charge in [0.1, 0.15) is 0 Å². The minimum absolute atomic E-state index is 0.365. The summed E-state index contributed by atoms with van der Waals surface area (Å²) in [6, 6.07) is 0.365. The molecule has 0 rings (SSSR count). The van der Waals surface area contributed by atoms with E-state index in [-0.39, 0.29) is 0 Å². The highest BCUT2D eigenvalue weighted by Gasteiger charge is 2.08. The molecular formula is C12H29N3. The Morgan fingerprint density at radius 2 is 1.40 bits per heavy atom. The van der Waals surface area contributed by atoms with E-state index in [0.29, 0.717) is 6.04 Å². The maximum absolute atomic E-state index is 6.05. The summed E-state index contributed by atoms with van der Waals surface area (Å²) in [4.78, 5) is 0. The van der Waals surface area contributed by atoms with E-state index in [4.69, 9.17) is 17.2 Å². The van der Waals surface area contributed by atoms with Crippen molar-refractivity contribution in [3.63, 3.8) is 0 Å². The molecule has 0 aliphatic heterocycles. The molecule has 92 valence electrons. The van der Waals surface area contributed by atoms with Crippen molar-refractivity contribution < 1.29 is 0 Å². The average molecular weight is 215 g/mol. The molecule has 0 amide bonds. The van der Waals surface area contributed by atoms with Crippen LogP contribution < -0.4 is 17.2 Å². The van der Waals surface area contributed by atoms with E-state index in [9.17, 15) is 0 Å². The topological polar surface area (TPSA) is 78.1 Å². The minimum atomic E-state index is 0.365. The SMILES string of the molecule is CC(CCCCN)CC(N)CCCCN. The molecule has 0 aromatic rings. The van der Waals surface area contributed by atoms with Gasteiger partial charge in [0, 0.05) is 6.04 Å². The molecule has 2 unspecified atom stereocenters. The van der Waals surface area contributed by atoms with Crippen LogP contribution in [0.15, 0.2) is 0 Å². The molecule has 15 heavy (non-hydrogen) atoms. The van der Waals surface area contributed by atoms with Crippen molar-refractivity contribution in [2.45, 2.75) is 57.9 Å². The molecular weight excluding hydrogens is 186 g/mol. The van der Waals surface area contributed by atoms with E-state index in [1.54, 1.807) is 0 Å². The Hall–Kier alpha value is -0.120. The van der Waals surface area contributed by atoms with E-state index in [1.165, 1.54) is 19.3 Å². The standard InChI is InChI=1S/C12H29N3/c1-11(6-2-4-8-13)10-12(15)7-3-5-9-14/h11-12H,2-10,13-15H2,1H3. The maximum atomic E-state index is 6.05. The van der Waals surface area contributed by atoms with E-state index >= 15 is 0 Å². The molecule has 0 saturated heterocycles. The summed E-state index contributed by atoms with van der Waals surface area (Å²) < 4.78 is 0. The highest BCUT2D eigenvalue weighted by Crippen LogP contribution is 2.15. The zero-order valence-electron chi connectivity index (χ0n) is 10.3. The maximum Gasteiger partial charge on any atom is 0.00413 e. The van der Waals surface area contributed by atoms with Gasteiger partial charge in [-0.25, -0.2) is 0 Å². The quantitative estimate of drug-likeness (QED) is 0.484. The normalized spacial score (nSPS) is 15.2. The lowest BCUT2D eigenvalue weighted by Crippen LogP contribution is -2.23. The first-order valence-electron chi connectivity index (χ1n) is 6.36. The van der Waals surface area contributed by atoms with Crippen LogP contribution >= 0.6 is 0 Å². The summed E-state index contributed by atoms with van der Waals surface area (Å²) in [5.41, 5.74) is 17.0. The van der Waals surface area contributed by atoms with Crippen LogP contribution in [0, 0.1) is 5.92 Å². The Labute approximate surface area is 94.8 Å². The summed E-state index contributed by atoms with van der Waals surface area (Å²) in [6.45, 7) is 3.90. The molecule has 0 saturated carbocycles. The number of rotatable bonds is 10. The smallest absolute Gasteiger partial charge is 0.00413 e. The predicted octanol–water partition coefficient (Wildman–Crippen LogP) is 1.60. The van der Waals surface area contributed by atoms with Crippen molar-refractivity contribution in [1.82, 2.24) is 0 Å². The van der Waals surface area contributed by atoms with Crippen molar-refractivity contribution in [3.8, 4) is 0 Å². The fourth-order valence-electron chi connectivity index (χ4n) is 1.94. The summed E-state index contributed by atoms with van der Waals surface area (Å²) >= 11 is 0. The number of nitrogens with two attached hydrogens (primary N) is 3. The van der Waals surface area contributed by atoms with Gasteiger partial charge in [0.25, 0.3) is 0 Å². The van der Waals surface area contributed by atoms with Crippen molar-refractivity contribution in [3.05, 3.63) is 0 Å². The average Bonchev–Trinajstić information content (AvgIpc) is 2.18. The summed E-state index contributed by atoms with van der Waals surface area (Å²) in [5, 5.41) is 0. The van der Waals surface area contributed by atoms with Crippen molar-refractivity contribution in [2.24, 2.45) is 23.1 Å². The van der Waals surface area contributed by atoms with Gasteiger partial charge >= 0.3 is 0 Å². The number of hydrogen-bond acceptors (Lipinski definition) is 3. The van der Waals surface area contributed by atoms with E-state index in [2.05, 4.69) is 6.92 Å². The fraction of sp³-hybridized carbons (Fsp3) is 1.00. The van der Waals surface area contributed by atoms with E-state index < -0.39 is 0 Å². The molecule has 3 nitrogen and oxygen atoms in total. The Balaban J connectivity index is 3.35. The largest absolute Gasteiger partial charge is 0.330 e. The third-order valence-electron chi connectivity index (χ3n) is 2.89. The van der Waals surface area contributed by atoms with Gasteiger partial charge in [-0.1, -0.05) is 26.2 Å². The molecule has 0 bridgehead atoms. The molecule has 0 aromatic carbocycles. The van der Waals surface area contributed by atoms with Crippen LogP contribution in [0.3, 0.4) is 0 Å². The lowest BCUT2D eigenvalue weighted by molar-refractivity contribution is 0.403. The second-order valence-electron chi connectivity index (χ2n) is 4.67. The van der Waals surface area contributed by atoms with E-state index in [0.717, 1.165) is 44.7 Å². The van der Waals surface area contributed by atoms with Crippen LogP contribution in [0.5, 0.6) is 0 Å². The molecule has 2 atom stereocenters. The summed E-state index contributed by atoms with van der Waals surface area (Å²) in [7, 11) is 0. The first-order valence-corrected chi connectivity index (χ1v) is 6.36. The van der Waals surface area contributed by atoms with Crippen molar-refractivity contribution in [2.75, 3.05) is 13.1 Å². The highest BCUT2D eigenvalue weighted by atomic mass is 14.6.